The average molecular weight is 280 g/mol. The van der Waals surface area contributed by atoms with Crippen molar-refractivity contribution in [3.63, 3.8) is 0 Å². The number of hydrogen-bond donors (Lipinski definition) is 1. The van der Waals surface area contributed by atoms with E-state index in [0.717, 1.165) is 26.2 Å². The van der Waals surface area contributed by atoms with Gasteiger partial charge in [0.1, 0.15) is 5.65 Å². The Morgan fingerprint density at radius 3 is 3.13 bits per heavy atom. The van der Waals surface area contributed by atoms with Crippen molar-refractivity contribution in [3.8, 4) is 11.3 Å². The van der Waals surface area contributed by atoms with E-state index in [0.29, 0.717) is 0 Å². The molecule has 0 unspecified atom stereocenters. The standard InChI is InChI=1S/C10H6BrN3S/c11-10-14-8(5-15-10)7-4-13-9-6(7)2-1-3-12-9/h1-5H,(H,12,13). The van der Waals surface area contributed by atoms with Gasteiger partial charge >= 0.3 is 0 Å². The lowest BCUT2D eigenvalue weighted by atomic mass is 10.2. The summed E-state index contributed by atoms with van der Waals surface area (Å²) in [5.41, 5.74) is 2.97. The first-order valence-electron chi connectivity index (χ1n) is 4.38. The Morgan fingerprint density at radius 2 is 2.33 bits per heavy atom. The monoisotopic (exact) mass is 279 g/mol. The highest BCUT2D eigenvalue weighted by Crippen LogP contribution is 2.29. The van der Waals surface area contributed by atoms with Gasteiger partial charge in [-0.1, -0.05) is 0 Å². The van der Waals surface area contributed by atoms with Crippen molar-refractivity contribution < 1.29 is 0 Å². The largest absolute Gasteiger partial charge is 0.345 e. The van der Waals surface area contributed by atoms with Crippen molar-refractivity contribution in [3.05, 3.63) is 33.8 Å². The minimum absolute atomic E-state index is 0.899. The molecular weight excluding hydrogens is 274 g/mol. The fraction of sp³-hybridized carbons (Fsp3) is 0. The third-order valence-corrected chi connectivity index (χ3v) is 3.57. The maximum atomic E-state index is 4.39. The van der Waals surface area contributed by atoms with Gasteiger partial charge in [0.05, 0.1) is 5.69 Å². The first-order chi connectivity index (χ1) is 7.34. The minimum Gasteiger partial charge on any atom is -0.345 e. The van der Waals surface area contributed by atoms with Crippen molar-refractivity contribution in [1.82, 2.24) is 15.0 Å². The molecule has 0 amide bonds. The summed E-state index contributed by atoms with van der Waals surface area (Å²) in [6.45, 7) is 0. The number of H-pyrrole nitrogens is 1. The van der Waals surface area contributed by atoms with E-state index in [9.17, 15) is 0 Å². The van der Waals surface area contributed by atoms with Gasteiger partial charge in [-0.25, -0.2) is 9.97 Å². The van der Waals surface area contributed by atoms with Crippen LogP contribution in [0.5, 0.6) is 0 Å². The molecule has 3 heterocycles. The molecule has 0 aliphatic rings. The van der Waals surface area contributed by atoms with Crippen LogP contribution < -0.4 is 0 Å². The lowest BCUT2D eigenvalue weighted by Crippen LogP contribution is -1.75. The van der Waals surface area contributed by atoms with Crippen LogP contribution in [0.3, 0.4) is 0 Å². The second-order valence-electron chi connectivity index (χ2n) is 3.09. The van der Waals surface area contributed by atoms with E-state index in [1.165, 1.54) is 0 Å². The molecule has 0 atom stereocenters. The van der Waals surface area contributed by atoms with Crippen molar-refractivity contribution >= 4 is 38.3 Å². The number of rotatable bonds is 1. The molecule has 74 valence electrons. The molecule has 1 N–H and O–H groups in total. The highest BCUT2D eigenvalue weighted by atomic mass is 79.9. The number of pyridine rings is 1. The molecule has 0 aliphatic carbocycles. The Hall–Kier alpha value is -1.20. The van der Waals surface area contributed by atoms with Crippen LogP contribution in [0.4, 0.5) is 0 Å². The van der Waals surface area contributed by atoms with Gasteiger partial charge in [-0.15, -0.1) is 11.3 Å². The van der Waals surface area contributed by atoms with E-state index in [2.05, 4.69) is 30.9 Å². The van der Waals surface area contributed by atoms with Gasteiger partial charge in [-0.2, -0.15) is 0 Å². The lowest BCUT2D eigenvalue weighted by molar-refractivity contribution is 1.32. The Kier molecular flexibility index (Phi) is 2.07. The van der Waals surface area contributed by atoms with Gasteiger partial charge in [0.25, 0.3) is 0 Å². The number of thiazole rings is 1. The SMILES string of the molecule is Brc1nc(-c2c[nH]c3ncccc23)cs1. The number of nitrogens with zero attached hydrogens (tertiary/aromatic N) is 2. The first kappa shape index (κ1) is 9.06. The summed E-state index contributed by atoms with van der Waals surface area (Å²) in [6, 6.07) is 3.97. The zero-order chi connectivity index (χ0) is 10.3. The average Bonchev–Trinajstić information content (AvgIpc) is 2.83. The van der Waals surface area contributed by atoms with Crippen LogP contribution in [0.15, 0.2) is 33.8 Å². The molecule has 15 heavy (non-hydrogen) atoms. The summed E-state index contributed by atoms with van der Waals surface area (Å²) in [5.74, 6) is 0. The molecule has 0 saturated carbocycles. The lowest BCUT2D eigenvalue weighted by Gasteiger charge is -1.92. The molecule has 0 aromatic carbocycles. The molecule has 0 spiro atoms. The van der Waals surface area contributed by atoms with Crippen molar-refractivity contribution in [2.75, 3.05) is 0 Å². The van der Waals surface area contributed by atoms with E-state index in [1.807, 2.05) is 23.7 Å². The zero-order valence-electron chi connectivity index (χ0n) is 7.57. The second-order valence-corrected chi connectivity index (χ2v) is 5.22. The quantitative estimate of drug-likeness (QED) is 0.741. The van der Waals surface area contributed by atoms with Gasteiger partial charge in [0.15, 0.2) is 3.92 Å². The summed E-state index contributed by atoms with van der Waals surface area (Å²) < 4.78 is 0.899. The molecule has 0 saturated heterocycles. The number of hydrogen-bond acceptors (Lipinski definition) is 3. The van der Waals surface area contributed by atoms with E-state index >= 15 is 0 Å². The summed E-state index contributed by atoms with van der Waals surface area (Å²) in [6.07, 6.45) is 3.72. The fourth-order valence-electron chi connectivity index (χ4n) is 1.54. The summed E-state index contributed by atoms with van der Waals surface area (Å²) in [5, 5.41) is 3.13. The Labute approximate surface area is 98.3 Å². The number of aromatic nitrogens is 3. The molecular formula is C10H6BrN3S. The number of aromatic amines is 1. The predicted molar refractivity (Wildman–Crippen MR) is 64.9 cm³/mol. The minimum atomic E-state index is 0.899. The molecule has 3 nitrogen and oxygen atoms in total. The highest BCUT2D eigenvalue weighted by molar-refractivity contribution is 9.11. The van der Waals surface area contributed by atoms with Crippen LogP contribution >= 0.6 is 27.3 Å². The number of nitrogens with one attached hydrogen (secondary N) is 1. The fourth-order valence-corrected chi connectivity index (χ4v) is 2.55. The smallest absolute Gasteiger partial charge is 0.159 e. The molecule has 0 aliphatic heterocycles. The van der Waals surface area contributed by atoms with E-state index in [-0.39, 0.29) is 0 Å². The Morgan fingerprint density at radius 1 is 1.40 bits per heavy atom. The molecule has 0 radical (unpaired) electrons. The van der Waals surface area contributed by atoms with Crippen LogP contribution in [-0.4, -0.2) is 15.0 Å². The topological polar surface area (TPSA) is 41.6 Å². The molecule has 3 rings (SSSR count). The maximum absolute atomic E-state index is 4.39. The van der Waals surface area contributed by atoms with Gasteiger partial charge < -0.3 is 4.98 Å². The Bertz CT molecular complexity index is 614. The van der Waals surface area contributed by atoms with Crippen molar-refractivity contribution in [2.45, 2.75) is 0 Å². The van der Waals surface area contributed by atoms with Gasteiger partial charge in [-0.3, -0.25) is 0 Å². The molecule has 3 aromatic heterocycles. The third-order valence-electron chi connectivity index (χ3n) is 2.20. The Balaban J connectivity index is 2.27. The second kappa shape index (κ2) is 3.43. The summed E-state index contributed by atoms with van der Waals surface area (Å²) >= 11 is 4.95. The van der Waals surface area contributed by atoms with Crippen LogP contribution in [-0.2, 0) is 0 Å². The van der Waals surface area contributed by atoms with E-state index in [4.69, 9.17) is 0 Å². The van der Waals surface area contributed by atoms with Gasteiger partial charge in [-0.05, 0) is 28.1 Å². The molecule has 0 bridgehead atoms. The number of fused-ring (bicyclic) bond motifs is 1. The number of halogens is 1. The summed E-state index contributed by atoms with van der Waals surface area (Å²) in [4.78, 5) is 11.8. The highest BCUT2D eigenvalue weighted by Gasteiger charge is 2.08. The van der Waals surface area contributed by atoms with Crippen molar-refractivity contribution in [1.29, 1.82) is 0 Å². The predicted octanol–water partition coefficient (Wildman–Crippen LogP) is 3.45. The normalized spacial score (nSPS) is 11.0. The van der Waals surface area contributed by atoms with Crippen molar-refractivity contribution in [2.24, 2.45) is 0 Å². The first-order valence-corrected chi connectivity index (χ1v) is 6.05. The van der Waals surface area contributed by atoms with Crippen LogP contribution in [0.25, 0.3) is 22.3 Å². The third kappa shape index (κ3) is 1.48. The van der Waals surface area contributed by atoms with Gasteiger partial charge in [0, 0.05) is 28.7 Å². The van der Waals surface area contributed by atoms with Crippen LogP contribution in [0, 0.1) is 0 Å². The molecule has 0 fully saturated rings. The maximum Gasteiger partial charge on any atom is 0.159 e. The molecule has 5 heteroatoms. The summed E-state index contributed by atoms with van der Waals surface area (Å²) in [7, 11) is 0. The van der Waals surface area contributed by atoms with Crippen LogP contribution in [0.2, 0.25) is 0 Å². The van der Waals surface area contributed by atoms with E-state index < -0.39 is 0 Å². The zero-order valence-corrected chi connectivity index (χ0v) is 9.97. The van der Waals surface area contributed by atoms with Crippen LogP contribution in [0.1, 0.15) is 0 Å². The van der Waals surface area contributed by atoms with E-state index in [1.54, 1.807) is 17.5 Å². The van der Waals surface area contributed by atoms with Gasteiger partial charge in [0.2, 0.25) is 0 Å². The molecule has 3 aromatic rings.